The molecule has 0 bridgehead atoms. The lowest BCUT2D eigenvalue weighted by molar-refractivity contribution is -0.384. The molecule has 1 aliphatic heterocycles. The van der Waals surface area contributed by atoms with Gasteiger partial charge in [0.15, 0.2) is 10.2 Å². The zero-order chi connectivity index (χ0) is 24.2. The van der Waals surface area contributed by atoms with Crippen LogP contribution in [0.2, 0.25) is 0 Å². The first-order valence-corrected chi connectivity index (χ1v) is 11.9. The second-order valence-electron chi connectivity index (χ2n) is 7.67. The summed E-state index contributed by atoms with van der Waals surface area (Å²) in [6.45, 7) is 3.29. The molecule has 12 heteroatoms. The normalized spacial score (nSPS) is 13.0. The fourth-order valence-electron chi connectivity index (χ4n) is 3.64. The maximum absolute atomic E-state index is 12.7. The fourth-order valence-corrected chi connectivity index (χ4v) is 4.77. The van der Waals surface area contributed by atoms with Gasteiger partial charge in [-0.1, -0.05) is 18.3 Å². The summed E-state index contributed by atoms with van der Waals surface area (Å²) >= 11 is 6.58. The van der Waals surface area contributed by atoms with E-state index in [1.807, 2.05) is 11.0 Å². The minimum atomic E-state index is -0.544. The molecule has 176 valence electrons. The maximum Gasteiger partial charge on any atom is 0.293 e. The third kappa shape index (κ3) is 5.29. The topological polar surface area (TPSA) is 130 Å². The quantitative estimate of drug-likeness (QED) is 0.261. The molecule has 3 aromatic rings. The maximum atomic E-state index is 12.7. The van der Waals surface area contributed by atoms with Gasteiger partial charge in [0, 0.05) is 36.8 Å². The first kappa shape index (κ1) is 23.5. The van der Waals surface area contributed by atoms with Crippen molar-refractivity contribution in [2.24, 2.45) is 0 Å². The van der Waals surface area contributed by atoms with Crippen LogP contribution in [-0.2, 0) is 4.79 Å². The number of thiocarbonyl (C=S) groups is 1. The molecular weight excluding hydrogens is 476 g/mol. The highest BCUT2D eigenvalue weighted by Gasteiger charge is 2.24. The van der Waals surface area contributed by atoms with Crippen LogP contribution in [0.5, 0.6) is 0 Å². The second-order valence-corrected chi connectivity index (χ2v) is 9.11. The van der Waals surface area contributed by atoms with Crippen LogP contribution >= 0.6 is 23.6 Å². The van der Waals surface area contributed by atoms with Crippen LogP contribution in [0.3, 0.4) is 0 Å². The highest BCUT2D eigenvalue weighted by atomic mass is 32.1. The molecule has 0 aliphatic carbocycles. The minimum Gasteiger partial charge on any atom is -0.366 e. The molecule has 3 N–H and O–H groups in total. The first-order chi connectivity index (χ1) is 16.3. The number of rotatable bonds is 6. The molecule has 0 atom stereocenters. The van der Waals surface area contributed by atoms with E-state index in [9.17, 15) is 19.7 Å². The summed E-state index contributed by atoms with van der Waals surface area (Å²) in [7, 11) is 0. The van der Waals surface area contributed by atoms with Crippen LogP contribution in [0.25, 0.3) is 10.2 Å². The van der Waals surface area contributed by atoms with E-state index >= 15 is 0 Å². The summed E-state index contributed by atoms with van der Waals surface area (Å²) in [6.07, 6.45) is 2.34. The highest BCUT2D eigenvalue weighted by Crippen LogP contribution is 2.32. The zero-order valence-corrected chi connectivity index (χ0v) is 19.9. The molecule has 34 heavy (non-hydrogen) atoms. The van der Waals surface area contributed by atoms with E-state index in [2.05, 4.69) is 20.9 Å². The molecule has 1 aromatic heterocycles. The van der Waals surface area contributed by atoms with E-state index in [0.29, 0.717) is 22.9 Å². The van der Waals surface area contributed by atoms with E-state index in [1.165, 1.54) is 17.4 Å². The molecule has 4 rings (SSSR count). The highest BCUT2D eigenvalue weighted by molar-refractivity contribution is 7.80. The van der Waals surface area contributed by atoms with Gasteiger partial charge in [0.2, 0.25) is 5.91 Å². The Kier molecular flexibility index (Phi) is 6.98. The first-order valence-electron chi connectivity index (χ1n) is 10.7. The Morgan fingerprint density at radius 2 is 1.94 bits per heavy atom. The number of aromatic nitrogens is 1. The van der Waals surface area contributed by atoms with Gasteiger partial charge < -0.3 is 15.5 Å². The van der Waals surface area contributed by atoms with E-state index in [4.69, 9.17) is 12.2 Å². The summed E-state index contributed by atoms with van der Waals surface area (Å²) < 4.78 is 0.832. The van der Waals surface area contributed by atoms with E-state index in [1.54, 1.807) is 31.2 Å². The van der Waals surface area contributed by atoms with Gasteiger partial charge in [0.05, 0.1) is 15.1 Å². The van der Waals surface area contributed by atoms with Crippen LogP contribution in [0.1, 0.15) is 36.5 Å². The third-order valence-electron chi connectivity index (χ3n) is 5.32. The van der Waals surface area contributed by atoms with Crippen molar-refractivity contribution < 1.29 is 14.5 Å². The Balaban J connectivity index is 1.44. The smallest absolute Gasteiger partial charge is 0.293 e. The molecule has 0 radical (unpaired) electrons. The number of nitrogens with one attached hydrogen (secondary N) is 3. The predicted molar refractivity (Wildman–Crippen MR) is 137 cm³/mol. The number of amides is 2. The molecule has 1 saturated heterocycles. The van der Waals surface area contributed by atoms with E-state index < -0.39 is 10.8 Å². The zero-order valence-electron chi connectivity index (χ0n) is 18.3. The standard InChI is InChI=1S/C22H22N6O4S2/c1-2-19(29)25-22-24-15-7-6-14(12-18(15)34-22)23-21(33)26-20(30)13-5-8-16(17(11-13)28(31)32)27-9-3-4-10-27/h5-8,11-12H,2-4,9-10H2,1H3,(H,24,25,29)(H2,23,26,30,33). The Morgan fingerprint density at radius 1 is 1.18 bits per heavy atom. The molecule has 0 spiro atoms. The van der Waals surface area contributed by atoms with Crippen LogP contribution in [0.4, 0.5) is 22.2 Å². The predicted octanol–water partition coefficient (Wildman–Crippen LogP) is 4.28. The molecule has 2 heterocycles. The van der Waals surface area contributed by atoms with Gasteiger partial charge in [-0.15, -0.1) is 0 Å². The molecular formula is C22H22N6O4S2. The number of anilines is 3. The summed E-state index contributed by atoms with van der Waals surface area (Å²) in [6, 6.07) is 9.79. The summed E-state index contributed by atoms with van der Waals surface area (Å²) in [4.78, 5) is 41.7. The lowest BCUT2D eigenvalue weighted by Gasteiger charge is -2.18. The van der Waals surface area contributed by atoms with Crippen LogP contribution in [-0.4, -0.2) is 39.9 Å². The number of nitro groups is 1. The molecule has 1 fully saturated rings. The summed E-state index contributed by atoms with van der Waals surface area (Å²) in [5, 5.41) is 20.4. The second kappa shape index (κ2) is 10.1. The number of nitrogens with zero attached hydrogens (tertiary/aromatic N) is 3. The largest absolute Gasteiger partial charge is 0.366 e. The van der Waals surface area contributed by atoms with Gasteiger partial charge in [-0.3, -0.25) is 25.0 Å². The summed E-state index contributed by atoms with van der Waals surface area (Å²) in [5.41, 5.74) is 1.92. The van der Waals surface area contributed by atoms with Crippen molar-refractivity contribution in [1.29, 1.82) is 0 Å². The lowest BCUT2D eigenvalue weighted by atomic mass is 10.1. The molecule has 10 nitrogen and oxygen atoms in total. The van der Waals surface area contributed by atoms with E-state index in [0.717, 1.165) is 36.1 Å². The molecule has 2 amide bonds. The van der Waals surface area contributed by atoms with E-state index in [-0.39, 0.29) is 22.3 Å². The number of hydrogen-bond acceptors (Lipinski definition) is 8. The Bertz CT molecular complexity index is 1290. The van der Waals surface area contributed by atoms with Gasteiger partial charge in [-0.05, 0) is 55.4 Å². The minimum absolute atomic E-state index is 0.0552. The van der Waals surface area contributed by atoms with Crippen molar-refractivity contribution in [3.8, 4) is 0 Å². The number of benzene rings is 2. The van der Waals surface area contributed by atoms with Crippen LogP contribution in [0.15, 0.2) is 36.4 Å². The van der Waals surface area contributed by atoms with Gasteiger partial charge in [-0.25, -0.2) is 4.98 Å². The average molecular weight is 499 g/mol. The number of fused-ring (bicyclic) bond motifs is 1. The SMILES string of the molecule is CCC(=O)Nc1nc2ccc(NC(=S)NC(=O)c3ccc(N4CCCC4)c([N+](=O)[O-])c3)cc2s1. The van der Waals surface area contributed by atoms with Crippen molar-refractivity contribution in [3.05, 3.63) is 52.1 Å². The van der Waals surface area contributed by atoms with Crippen LogP contribution < -0.4 is 20.9 Å². The van der Waals surface area contributed by atoms with Crippen molar-refractivity contribution in [2.45, 2.75) is 26.2 Å². The van der Waals surface area contributed by atoms with Crippen molar-refractivity contribution in [3.63, 3.8) is 0 Å². The van der Waals surface area contributed by atoms with Crippen LogP contribution in [0, 0.1) is 10.1 Å². The number of carbonyl (C=O) groups is 2. The number of carbonyl (C=O) groups excluding carboxylic acids is 2. The van der Waals surface area contributed by atoms with Gasteiger partial charge in [0.1, 0.15) is 5.69 Å². The van der Waals surface area contributed by atoms with Crippen molar-refractivity contribution >= 4 is 72.9 Å². The summed E-state index contributed by atoms with van der Waals surface area (Å²) in [5.74, 6) is -0.660. The molecule has 1 aliphatic rings. The molecule has 2 aromatic carbocycles. The fraction of sp³-hybridized carbons (Fsp3) is 0.273. The number of nitro benzene ring substituents is 1. The Labute approximate surface area is 204 Å². The third-order valence-corrected chi connectivity index (χ3v) is 6.46. The molecule has 0 unspecified atom stereocenters. The van der Waals surface area contributed by atoms with Gasteiger partial charge in [-0.2, -0.15) is 0 Å². The Hall–Kier alpha value is -3.64. The number of thiazole rings is 1. The van der Waals surface area contributed by atoms with Gasteiger partial charge in [0.25, 0.3) is 11.6 Å². The average Bonchev–Trinajstić information content (AvgIpc) is 3.47. The Morgan fingerprint density at radius 3 is 2.65 bits per heavy atom. The van der Waals surface area contributed by atoms with Crippen molar-refractivity contribution in [2.75, 3.05) is 28.6 Å². The number of hydrogen-bond donors (Lipinski definition) is 3. The van der Waals surface area contributed by atoms with Gasteiger partial charge >= 0.3 is 0 Å². The van der Waals surface area contributed by atoms with Crippen molar-refractivity contribution in [1.82, 2.24) is 10.3 Å². The monoisotopic (exact) mass is 498 g/mol. The molecule has 0 saturated carbocycles. The lowest BCUT2D eigenvalue weighted by Crippen LogP contribution is -2.34.